The number of ether oxygens (including phenoxy) is 3. The van der Waals surface area contributed by atoms with Crippen LogP contribution in [0.15, 0.2) is 12.1 Å². The fourth-order valence-corrected chi connectivity index (χ4v) is 2.36. The zero-order chi connectivity index (χ0) is 17.4. The molecule has 7 heteroatoms. The van der Waals surface area contributed by atoms with Crippen LogP contribution in [0.1, 0.15) is 37.0 Å². The van der Waals surface area contributed by atoms with Crippen molar-refractivity contribution in [3.05, 3.63) is 22.7 Å². The predicted molar refractivity (Wildman–Crippen MR) is 87.4 cm³/mol. The van der Waals surface area contributed by atoms with Crippen LogP contribution in [0.4, 0.5) is 0 Å². The molecule has 0 aliphatic heterocycles. The summed E-state index contributed by atoms with van der Waals surface area (Å²) in [6.07, 6.45) is 1.83. The summed E-state index contributed by atoms with van der Waals surface area (Å²) in [7, 11) is 2.88. The van der Waals surface area contributed by atoms with Crippen molar-refractivity contribution < 1.29 is 23.8 Å². The summed E-state index contributed by atoms with van der Waals surface area (Å²) >= 11 is 6.03. The van der Waals surface area contributed by atoms with Crippen LogP contribution >= 0.6 is 11.6 Å². The number of carbonyl (C=O) groups is 2. The van der Waals surface area contributed by atoms with Crippen molar-refractivity contribution in [1.29, 1.82) is 0 Å². The van der Waals surface area contributed by atoms with E-state index in [1.54, 1.807) is 0 Å². The standard InChI is InChI=1S/C16H22ClNO5/c1-5-6-10(2)18-14(19)9-23-16(20)11-7-12(17)15(22-4)13(8-11)21-3/h7-8,10H,5-6,9H2,1-4H3,(H,18,19)/t10-/m0/s1. The maximum absolute atomic E-state index is 12.0. The van der Waals surface area contributed by atoms with Crippen molar-refractivity contribution in [2.75, 3.05) is 20.8 Å². The highest BCUT2D eigenvalue weighted by atomic mass is 35.5. The van der Waals surface area contributed by atoms with E-state index in [9.17, 15) is 9.59 Å². The molecule has 1 aromatic rings. The lowest BCUT2D eigenvalue weighted by molar-refractivity contribution is -0.124. The van der Waals surface area contributed by atoms with Gasteiger partial charge in [-0.2, -0.15) is 0 Å². The molecule has 0 spiro atoms. The molecule has 0 aliphatic carbocycles. The Morgan fingerprint density at radius 3 is 2.52 bits per heavy atom. The SMILES string of the molecule is CCC[C@H](C)NC(=O)COC(=O)c1cc(Cl)c(OC)c(OC)c1. The maximum Gasteiger partial charge on any atom is 0.338 e. The van der Waals surface area contributed by atoms with E-state index in [0.717, 1.165) is 12.8 Å². The van der Waals surface area contributed by atoms with Gasteiger partial charge in [-0.05, 0) is 25.5 Å². The minimum atomic E-state index is -0.661. The smallest absolute Gasteiger partial charge is 0.338 e. The molecule has 0 unspecified atom stereocenters. The van der Waals surface area contributed by atoms with Crippen LogP contribution in [-0.2, 0) is 9.53 Å². The molecule has 6 nitrogen and oxygen atoms in total. The van der Waals surface area contributed by atoms with Crippen molar-refractivity contribution in [2.24, 2.45) is 0 Å². The molecular weight excluding hydrogens is 322 g/mol. The topological polar surface area (TPSA) is 73.9 Å². The first-order valence-electron chi connectivity index (χ1n) is 7.30. The largest absolute Gasteiger partial charge is 0.493 e. The Morgan fingerprint density at radius 1 is 1.26 bits per heavy atom. The highest BCUT2D eigenvalue weighted by Crippen LogP contribution is 2.36. The van der Waals surface area contributed by atoms with Gasteiger partial charge in [-0.3, -0.25) is 4.79 Å². The van der Waals surface area contributed by atoms with Gasteiger partial charge in [0.15, 0.2) is 18.1 Å². The van der Waals surface area contributed by atoms with Gasteiger partial charge < -0.3 is 19.5 Å². The molecule has 0 aromatic heterocycles. The quantitative estimate of drug-likeness (QED) is 0.735. The molecule has 1 N–H and O–H groups in total. The minimum Gasteiger partial charge on any atom is -0.493 e. The van der Waals surface area contributed by atoms with Gasteiger partial charge in [-0.25, -0.2) is 4.79 Å². The Morgan fingerprint density at radius 2 is 1.96 bits per heavy atom. The van der Waals surface area contributed by atoms with Crippen molar-refractivity contribution in [1.82, 2.24) is 5.32 Å². The fraction of sp³-hybridized carbons (Fsp3) is 0.500. The van der Waals surface area contributed by atoms with Gasteiger partial charge in [0.05, 0.1) is 24.8 Å². The summed E-state index contributed by atoms with van der Waals surface area (Å²) in [4.78, 5) is 23.7. The van der Waals surface area contributed by atoms with Crippen LogP contribution in [-0.4, -0.2) is 38.7 Å². The van der Waals surface area contributed by atoms with Crippen LogP contribution in [0.3, 0.4) is 0 Å². The van der Waals surface area contributed by atoms with Gasteiger partial charge in [0.1, 0.15) is 0 Å². The Hall–Kier alpha value is -1.95. The zero-order valence-corrected chi connectivity index (χ0v) is 14.5. The van der Waals surface area contributed by atoms with Gasteiger partial charge in [0, 0.05) is 6.04 Å². The van der Waals surface area contributed by atoms with Gasteiger partial charge in [0.2, 0.25) is 0 Å². The van der Waals surface area contributed by atoms with E-state index < -0.39 is 5.97 Å². The molecule has 0 saturated carbocycles. The number of halogens is 1. The third kappa shape index (κ3) is 5.63. The fourth-order valence-electron chi connectivity index (χ4n) is 2.07. The summed E-state index contributed by atoms with van der Waals surface area (Å²) in [5.41, 5.74) is 0.182. The lowest BCUT2D eigenvalue weighted by Crippen LogP contribution is -2.35. The molecule has 23 heavy (non-hydrogen) atoms. The van der Waals surface area contributed by atoms with E-state index >= 15 is 0 Å². The van der Waals surface area contributed by atoms with Gasteiger partial charge >= 0.3 is 5.97 Å². The summed E-state index contributed by atoms with van der Waals surface area (Å²) in [6, 6.07) is 2.90. The number of methoxy groups -OCH3 is 2. The first-order chi connectivity index (χ1) is 10.9. The van der Waals surface area contributed by atoms with E-state index in [1.165, 1.54) is 26.4 Å². The monoisotopic (exact) mass is 343 g/mol. The number of esters is 1. The summed E-state index contributed by atoms with van der Waals surface area (Å²) in [6.45, 7) is 3.58. The first kappa shape index (κ1) is 19.1. The molecule has 0 radical (unpaired) electrons. The van der Waals surface area contributed by atoms with E-state index in [4.69, 9.17) is 25.8 Å². The van der Waals surface area contributed by atoms with Crippen molar-refractivity contribution in [2.45, 2.75) is 32.7 Å². The molecule has 1 atom stereocenters. The van der Waals surface area contributed by atoms with Crippen LogP contribution < -0.4 is 14.8 Å². The molecule has 1 amide bonds. The second kappa shape index (κ2) is 9.25. The number of hydrogen-bond acceptors (Lipinski definition) is 5. The van der Waals surface area contributed by atoms with Gasteiger partial charge in [0.25, 0.3) is 5.91 Å². The Balaban J connectivity index is 2.68. The molecule has 0 saturated heterocycles. The highest BCUT2D eigenvalue weighted by Gasteiger charge is 2.17. The summed E-state index contributed by atoms with van der Waals surface area (Å²) in [5.74, 6) is -0.359. The number of carbonyl (C=O) groups excluding carboxylic acids is 2. The third-order valence-electron chi connectivity index (χ3n) is 3.13. The van der Waals surface area contributed by atoms with Crippen LogP contribution in [0.2, 0.25) is 5.02 Å². The number of benzene rings is 1. The number of amides is 1. The molecule has 128 valence electrons. The molecule has 1 rings (SSSR count). The van der Waals surface area contributed by atoms with E-state index in [0.29, 0.717) is 11.5 Å². The molecule has 0 heterocycles. The average Bonchev–Trinajstić information content (AvgIpc) is 2.51. The Bertz CT molecular complexity index is 562. The molecule has 0 fully saturated rings. The number of rotatable bonds is 8. The average molecular weight is 344 g/mol. The Kier molecular flexibility index (Phi) is 7.68. The predicted octanol–water partition coefficient (Wildman–Crippen LogP) is 2.82. The second-order valence-electron chi connectivity index (χ2n) is 5.03. The zero-order valence-electron chi connectivity index (χ0n) is 13.8. The van der Waals surface area contributed by atoms with E-state index in [2.05, 4.69) is 5.32 Å². The molecule has 1 aromatic carbocycles. The Labute approximate surface area is 141 Å². The van der Waals surface area contributed by atoms with Crippen molar-refractivity contribution in [3.63, 3.8) is 0 Å². The lowest BCUT2D eigenvalue weighted by atomic mass is 10.2. The second-order valence-corrected chi connectivity index (χ2v) is 5.43. The van der Waals surface area contributed by atoms with Crippen molar-refractivity contribution in [3.8, 4) is 11.5 Å². The number of hydrogen-bond donors (Lipinski definition) is 1. The molecule has 0 bridgehead atoms. The lowest BCUT2D eigenvalue weighted by Gasteiger charge is -2.13. The minimum absolute atomic E-state index is 0.0433. The number of nitrogens with one attached hydrogen (secondary N) is 1. The van der Waals surface area contributed by atoms with Crippen LogP contribution in [0.5, 0.6) is 11.5 Å². The van der Waals surface area contributed by atoms with Crippen LogP contribution in [0, 0.1) is 0 Å². The maximum atomic E-state index is 12.0. The highest BCUT2D eigenvalue weighted by molar-refractivity contribution is 6.32. The first-order valence-corrected chi connectivity index (χ1v) is 7.68. The molecular formula is C16H22ClNO5. The third-order valence-corrected chi connectivity index (χ3v) is 3.41. The summed E-state index contributed by atoms with van der Waals surface area (Å²) in [5, 5.41) is 2.97. The normalized spacial score (nSPS) is 11.5. The van der Waals surface area contributed by atoms with Crippen LogP contribution in [0.25, 0.3) is 0 Å². The van der Waals surface area contributed by atoms with Gasteiger partial charge in [-0.1, -0.05) is 24.9 Å². The summed E-state index contributed by atoms with van der Waals surface area (Å²) < 4.78 is 15.2. The molecule has 0 aliphatic rings. The van der Waals surface area contributed by atoms with E-state index in [-0.39, 0.29) is 29.1 Å². The van der Waals surface area contributed by atoms with E-state index in [1.807, 2.05) is 13.8 Å². The van der Waals surface area contributed by atoms with Gasteiger partial charge in [-0.15, -0.1) is 0 Å². The van der Waals surface area contributed by atoms with Crippen molar-refractivity contribution >= 4 is 23.5 Å².